The molecule has 0 unspecified atom stereocenters. The molecule has 0 saturated carbocycles. The van der Waals surface area contributed by atoms with Gasteiger partial charge in [0.2, 0.25) is 11.8 Å². The number of ether oxygens (including phenoxy) is 1. The van der Waals surface area contributed by atoms with Gasteiger partial charge in [0.05, 0.1) is 35.0 Å². The second-order valence-electron chi connectivity index (χ2n) is 5.42. The van der Waals surface area contributed by atoms with Crippen molar-refractivity contribution >= 4 is 46.6 Å². The predicted octanol–water partition coefficient (Wildman–Crippen LogP) is 4.71. The van der Waals surface area contributed by atoms with E-state index < -0.39 is 0 Å². The molecule has 0 aliphatic heterocycles. The van der Waals surface area contributed by atoms with E-state index in [1.807, 2.05) is 24.3 Å². The maximum atomic E-state index is 12.1. The van der Waals surface area contributed by atoms with E-state index in [4.69, 9.17) is 32.4 Å². The minimum Gasteiger partial charge on any atom is -0.497 e. The topological polar surface area (TPSA) is 77.2 Å². The number of nitrogens with zero attached hydrogens (tertiary/aromatic N) is 2. The number of hydrogen-bond acceptors (Lipinski definition) is 6. The van der Waals surface area contributed by atoms with Gasteiger partial charge in [-0.2, -0.15) is 0 Å². The number of halogens is 2. The molecule has 3 aromatic rings. The number of methoxy groups -OCH3 is 1. The van der Waals surface area contributed by atoms with E-state index in [1.54, 1.807) is 25.3 Å². The number of carbonyl (C=O) groups is 1. The van der Waals surface area contributed by atoms with Crippen molar-refractivity contribution in [3.8, 4) is 5.75 Å². The second kappa shape index (κ2) is 9.12. The molecular formula is C18H15Cl2N3O3S. The number of rotatable bonds is 7. The van der Waals surface area contributed by atoms with Crippen molar-refractivity contribution in [2.75, 3.05) is 18.2 Å². The predicted molar refractivity (Wildman–Crippen MR) is 106 cm³/mol. The Morgan fingerprint density at radius 1 is 1.15 bits per heavy atom. The molecule has 9 heteroatoms. The fraction of sp³-hybridized carbons (Fsp3) is 0.167. The van der Waals surface area contributed by atoms with Gasteiger partial charge in [-0.3, -0.25) is 4.79 Å². The summed E-state index contributed by atoms with van der Waals surface area (Å²) in [5.41, 5.74) is 1.40. The number of para-hydroxylation sites is 1. The third-order valence-corrected chi connectivity index (χ3v) is 4.97. The Hall–Kier alpha value is -2.22. The minimum atomic E-state index is -0.273. The molecule has 27 heavy (non-hydrogen) atoms. The van der Waals surface area contributed by atoms with Gasteiger partial charge >= 0.3 is 0 Å². The number of benzene rings is 2. The summed E-state index contributed by atoms with van der Waals surface area (Å²) >= 11 is 13.2. The first-order valence-corrected chi connectivity index (χ1v) is 9.61. The molecule has 0 radical (unpaired) electrons. The van der Waals surface area contributed by atoms with Gasteiger partial charge in [0.25, 0.3) is 5.22 Å². The second-order valence-corrected chi connectivity index (χ2v) is 7.16. The molecule has 0 fully saturated rings. The lowest BCUT2D eigenvalue weighted by molar-refractivity contribution is -0.113. The van der Waals surface area contributed by atoms with Gasteiger partial charge in [-0.1, -0.05) is 53.2 Å². The van der Waals surface area contributed by atoms with Gasteiger partial charge < -0.3 is 14.5 Å². The van der Waals surface area contributed by atoms with Crippen molar-refractivity contribution in [1.82, 2.24) is 10.2 Å². The average molecular weight is 424 g/mol. The quantitative estimate of drug-likeness (QED) is 0.554. The van der Waals surface area contributed by atoms with Gasteiger partial charge in [0.15, 0.2) is 0 Å². The van der Waals surface area contributed by atoms with E-state index in [0.29, 0.717) is 33.3 Å². The Bertz CT molecular complexity index is 912. The standard InChI is InChI=1S/C18H15Cl2N3O3S/c1-25-12-7-5-11(6-8-12)9-16-22-23-18(26-16)27-10-15(24)21-17-13(19)3-2-4-14(17)20/h2-8H,9-10H2,1H3,(H,21,24). The number of aromatic nitrogens is 2. The summed E-state index contributed by atoms with van der Waals surface area (Å²) in [7, 11) is 1.62. The van der Waals surface area contributed by atoms with Crippen LogP contribution in [-0.4, -0.2) is 29.0 Å². The SMILES string of the molecule is COc1ccc(Cc2nnc(SCC(=O)Nc3c(Cl)cccc3Cl)o2)cc1. The largest absolute Gasteiger partial charge is 0.497 e. The lowest BCUT2D eigenvalue weighted by atomic mass is 10.1. The molecule has 0 aliphatic carbocycles. The van der Waals surface area contributed by atoms with Crippen molar-refractivity contribution in [3.05, 3.63) is 64.0 Å². The first-order chi connectivity index (χ1) is 13.0. The molecule has 0 atom stereocenters. The fourth-order valence-electron chi connectivity index (χ4n) is 2.21. The highest BCUT2D eigenvalue weighted by atomic mass is 35.5. The van der Waals surface area contributed by atoms with E-state index in [-0.39, 0.29) is 11.7 Å². The van der Waals surface area contributed by atoms with Crippen LogP contribution < -0.4 is 10.1 Å². The number of anilines is 1. The van der Waals surface area contributed by atoms with Crippen molar-refractivity contribution in [1.29, 1.82) is 0 Å². The van der Waals surface area contributed by atoms with Gasteiger partial charge in [-0.15, -0.1) is 10.2 Å². The highest BCUT2D eigenvalue weighted by Crippen LogP contribution is 2.30. The molecule has 6 nitrogen and oxygen atoms in total. The van der Waals surface area contributed by atoms with Crippen LogP contribution in [0.15, 0.2) is 52.1 Å². The van der Waals surface area contributed by atoms with Crippen molar-refractivity contribution < 1.29 is 13.9 Å². The Morgan fingerprint density at radius 3 is 2.52 bits per heavy atom. The highest BCUT2D eigenvalue weighted by molar-refractivity contribution is 7.99. The molecule has 0 aliphatic rings. The Labute approximate surface area is 170 Å². The van der Waals surface area contributed by atoms with E-state index >= 15 is 0 Å². The van der Waals surface area contributed by atoms with Crippen molar-refractivity contribution in [2.24, 2.45) is 0 Å². The fourth-order valence-corrected chi connectivity index (χ4v) is 3.28. The van der Waals surface area contributed by atoms with Crippen LogP contribution in [0.25, 0.3) is 0 Å². The van der Waals surface area contributed by atoms with E-state index in [0.717, 1.165) is 23.1 Å². The lowest BCUT2D eigenvalue weighted by Crippen LogP contribution is -2.14. The van der Waals surface area contributed by atoms with Crippen LogP contribution in [0.3, 0.4) is 0 Å². The molecule has 0 spiro atoms. The number of carbonyl (C=O) groups excluding carboxylic acids is 1. The first-order valence-electron chi connectivity index (χ1n) is 7.87. The molecule has 2 aromatic carbocycles. The number of thioether (sulfide) groups is 1. The summed E-state index contributed by atoms with van der Waals surface area (Å²) in [6.45, 7) is 0. The Kier molecular flexibility index (Phi) is 6.60. The zero-order chi connectivity index (χ0) is 19.2. The molecule has 1 amide bonds. The molecular weight excluding hydrogens is 409 g/mol. The van der Waals surface area contributed by atoms with Gasteiger partial charge in [-0.05, 0) is 29.8 Å². The summed E-state index contributed by atoms with van der Waals surface area (Å²) in [5.74, 6) is 1.07. The van der Waals surface area contributed by atoms with Crippen LogP contribution >= 0.6 is 35.0 Å². The summed E-state index contributed by atoms with van der Waals surface area (Å²) in [4.78, 5) is 12.1. The molecule has 140 valence electrons. The van der Waals surface area contributed by atoms with Crippen LogP contribution in [0.2, 0.25) is 10.0 Å². The third kappa shape index (κ3) is 5.38. The van der Waals surface area contributed by atoms with Crippen LogP contribution in [-0.2, 0) is 11.2 Å². The minimum absolute atomic E-state index is 0.0890. The van der Waals surface area contributed by atoms with Crippen LogP contribution in [0.1, 0.15) is 11.5 Å². The van der Waals surface area contributed by atoms with Gasteiger partial charge in [0.1, 0.15) is 5.75 Å². The Balaban J connectivity index is 1.53. The van der Waals surface area contributed by atoms with Crippen molar-refractivity contribution in [3.63, 3.8) is 0 Å². The Morgan fingerprint density at radius 2 is 1.85 bits per heavy atom. The molecule has 1 N–H and O–H groups in total. The lowest BCUT2D eigenvalue weighted by Gasteiger charge is -2.08. The van der Waals surface area contributed by atoms with Crippen LogP contribution in [0, 0.1) is 0 Å². The number of nitrogens with one attached hydrogen (secondary N) is 1. The van der Waals surface area contributed by atoms with Gasteiger partial charge in [0, 0.05) is 0 Å². The molecule has 3 rings (SSSR count). The number of amides is 1. The number of hydrogen-bond donors (Lipinski definition) is 1. The van der Waals surface area contributed by atoms with Gasteiger partial charge in [-0.25, -0.2) is 0 Å². The summed E-state index contributed by atoms with van der Waals surface area (Å²) in [5, 5.41) is 11.7. The molecule has 0 bridgehead atoms. The average Bonchev–Trinajstić information content (AvgIpc) is 3.11. The van der Waals surface area contributed by atoms with E-state index in [2.05, 4.69) is 15.5 Å². The third-order valence-electron chi connectivity index (χ3n) is 3.52. The normalized spacial score (nSPS) is 10.6. The zero-order valence-electron chi connectivity index (χ0n) is 14.2. The summed E-state index contributed by atoms with van der Waals surface area (Å²) in [6, 6.07) is 12.6. The monoisotopic (exact) mass is 423 g/mol. The van der Waals surface area contributed by atoms with E-state index in [9.17, 15) is 4.79 Å². The summed E-state index contributed by atoms with van der Waals surface area (Å²) < 4.78 is 10.7. The molecule has 0 saturated heterocycles. The zero-order valence-corrected chi connectivity index (χ0v) is 16.6. The molecule has 1 aromatic heterocycles. The highest BCUT2D eigenvalue weighted by Gasteiger charge is 2.13. The van der Waals surface area contributed by atoms with Crippen LogP contribution in [0.5, 0.6) is 5.75 Å². The van der Waals surface area contributed by atoms with Crippen LogP contribution in [0.4, 0.5) is 5.69 Å². The summed E-state index contributed by atoms with van der Waals surface area (Å²) in [6.07, 6.45) is 0.499. The van der Waals surface area contributed by atoms with E-state index in [1.165, 1.54) is 0 Å². The van der Waals surface area contributed by atoms with Crippen molar-refractivity contribution in [2.45, 2.75) is 11.6 Å². The molecule has 1 heterocycles. The maximum Gasteiger partial charge on any atom is 0.277 e. The first kappa shape index (κ1) is 19.5. The smallest absolute Gasteiger partial charge is 0.277 e. The maximum absolute atomic E-state index is 12.1.